The number of carboxylic acids is 1. The molecule has 3 fully saturated rings. The van der Waals surface area contributed by atoms with E-state index in [2.05, 4.69) is 30.6 Å². The van der Waals surface area contributed by atoms with Gasteiger partial charge in [0.05, 0.1) is 43.2 Å². The number of benzene rings is 1. The average Bonchev–Trinajstić information content (AvgIpc) is 3.25. The number of anilines is 3. The summed E-state index contributed by atoms with van der Waals surface area (Å²) in [6.45, 7) is -0.562. The molecule has 0 unspecified atom stereocenters. The molecule has 0 radical (unpaired) electrons. The van der Waals surface area contributed by atoms with Crippen LogP contribution >= 0.6 is 0 Å². The van der Waals surface area contributed by atoms with Gasteiger partial charge in [-0.3, -0.25) is 9.59 Å². The van der Waals surface area contributed by atoms with Crippen molar-refractivity contribution < 1.29 is 64.0 Å². The first-order chi connectivity index (χ1) is 30.3. The molecular weight excluding hydrogens is 846 g/mol. The number of nitrogens with one attached hydrogen (secondary N) is 2. The fourth-order valence-corrected chi connectivity index (χ4v) is 7.74. The van der Waals surface area contributed by atoms with Crippen LogP contribution in [-0.4, -0.2) is 180 Å². The van der Waals surface area contributed by atoms with Crippen molar-refractivity contribution in [1.29, 1.82) is 0 Å². The predicted molar refractivity (Wildman–Crippen MR) is 223 cm³/mol. The Kier molecular flexibility index (Phi) is 15.8. The van der Waals surface area contributed by atoms with Gasteiger partial charge in [0.1, 0.15) is 48.8 Å². The highest BCUT2D eigenvalue weighted by Crippen LogP contribution is 2.31. The molecule has 2 aliphatic heterocycles. The lowest BCUT2D eigenvalue weighted by atomic mass is 9.84. The fourth-order valence-electron chi connectivity index (χ4n) is 7.74. The minimum Gasteiger partial charge on any atom is -0.480 e. The molecule has 6 rings (SSSR count). The molecule has 352 valence electrons. The van der Waals surface area contributed by atoms with Crippen LogP contribution in [-0.2, 0) is 35.1 Å². The summed E-state index contributed by atoms with van der Waals surface area (Å²) in [6, 6.07) is 1.05. The molecule has 26 heteroatoms. The lowest BCUT2D eigenvalue weighted by Crippen LogP contribution is -2.68. The topological polar surface area (TPSA) is 444 Å². The van der Waals surface area contributed by atoms with Gasteiger partial charge in [0.25, 0.3) is 5.91 Å². The second-order valence-electron chi connectivity index (χ2n) is 16.2. The number of nitrogen functional groups attached to an aromatic ring is 2. The van der Waals surface area contributed by atoms with E-state index in [1.54, 1.807) is 19.2 Å². The Morgan fingerprint density at radius 2 is 1.53 bits per heavy atom. The SMILES string of the molecule is CN(Cc1cnc2nc(N)nc(N)c2n1)c1ccc(C(=O)N[C@H](CCC(=O)NC[C@@H]2O[C@H](O[C@H]3[C@@H](O)[C@@H](O[C@@H]4O[C@H](CO)[C@H](O)[C@H](N)[C@@H]4O)[C@@H](N)C[C@H]3N)[C@H](N)C[C@@H]2O)C(=O)O)cc1. The van der Waals surface area contributed by atoms with Crippen LogP contribution in [0.4, 0.5) is 17.5 Å². The van der Waals surface area contributed by atoms with E-state index in [0.717, 1.165) is 0 Å². The summed E-state index contributed by atoms with van der Waals surface area (Å²) in [7, 11) is 1.79. The standard InChI is InChI=1S/C38H57N13O13/c1-51(12-15-10-46-33-26(47-15)32(43)49-38(44)50-33)16-4-2-14(3-5-16)34(58)48-20(35(59)60)6-7-24(54)45-11-22-21(53)9-19(41)36(61-22)63-30-17(39)8-18(40)31(29(30)57)64-37-28(56)25(42)27(55)23(13-52)62-37/h2-5,10,17-23,25,27-31,36-37,52-53,55-57H,6-9,11-13,39-42H2,1H3,(H,45,54)(H,48,58)(H,59,60)(H4,43,44,46,49,50)/t17-,18+,19-,20-,21+,22+,23-,25+,27+,28+,29-,30-,31+,36-,37+/m1/s1. The van der Waals surface area contributed by atoms with Gasteiger partial charge in [-0.25, -0.2) is 14.8 Å². The number of fused-ring (bicyclic) bond motifs is 1. The fraction of sp³-hybridized carbons (Fsp3) is 0.605. The summed E-state index contributed by atoms with van der Waals surface area (Å²) < 4.78 is 23.3. The summed E-state index contributed by atoms with van der Waals surface area (Å²) in [5, 5.41) is 67.4. The number of aliphatic carboxylic acids is 1. The first-order valence-corrected chi connectivity index (χ1v) is 20.5. The molecule has 15 atom stereocenters. The number of hydrogen-bond acceptors (Lipinski definition) is 23. The molecule has 64 heavy (non-hydrogen) atoms. The maximum atomic E-state index is 13.1. The van der Waals surface area contributed by atoms with Crippen molar-refractivity contribution in [1.82, 2.24) is 30.6 Å². The minimum atomic E-state index is -1.55. The van der Waals surface area contributed by atoms with E-state index >= 15 is 0 Å². The third-order valence-corrected chi connectivity index (χ3v) is 11.4. The van der Waals surface area contributed by atoms with E-state index in [1.165, 1.54) is 18.3 Å². The van der Waals surface area contributed by atoms with Crippen LogP contribution in [0.15, 0.2) is 30.5 Å². The van der Waals surface area contributed by atoms with Crippen LogP contribution in [0.3, 0.4) is 0 Å². The van der Waals surface area contributed by atoms with E-state index in [-0.39, 0.29) is 55.2 Å². The molecule has 2 amide bonds. The molecule has 1 aromatic carbocycles. The number of aliphatic hydroxyl groups is 5. The van der Waals surface area contributed by atoms with Gasteiger partial charge >= 0.3 is 5.97 Å². The van der Waals surface area contributed by atoms with E-state index < -0.39 is 116 Å². The number of aliphatic hydroxyl groups excluding tert-OH is 5. The summed E-state index contributed by atoms with van der Waals surface area (Å²) in [6.07, 6.45) is -12.1. The Bertz CT molecular complexity index is 2090. The monoisotopic (exact) mass is 903 g/mol. The molecule has 4 heterocycles. The van der Waals surface area contributed by atoms with Gasteiger partial charge in [-0.1, -0.05) is 0 Å². The number of carbonyl (C=O) groups excluding carboxylic acids is 2. The van der Waals surface area contributed by atoms with Crippen LogP contribution in [0.25, 0.3) is 11.2 Å². The van der Waals surface area contributed by atoms with Gasteiger partial charge in [-0.05, 0) is 43.5 Å². The minimum absolute atomic E-state index is 0.0185. The van der Waals surface area contributed by atoms with Crippen LogP contribution in [0.2, 0.25) is 0 Å². The highest BCUT2D eigenvalue weighted by Gasteiger charge is 2.50. The molecule has 2 aromatic heterocycles. The number of carboxylic acid groups (broad SMARTS) is 1. The first kappa shape index (κ1) is 48.4. The number of rotatable bonds is 16. The Morgan fingerprint density at radius 1 is 0.875 bits per heavy atom. The molecule has 3 aromatic rings. The third-order valence-electron chi connectivity index (χ3n) is 11.4. The van der Waals surface area contributed by atoms with E-state index in [4.69, 9.17) is 53.3 Å². The number of aromatic nitrogens is 4. The Morgan fingerprint density at radius 3 is 2.19 bits per heavy atom. The number of nitrogens with zero attached hydrogens (tertiary/aromatic N) is 5. The maximum Gasteiger partial charge on any atom is 0.326 e. The van der Waals surface area contributed by atoms with Crippen molar-refractivity contribution in [3.63, 3.8) is 0 Å². The van der Waals surface area contributed by atoms with Crippen LogP contribution in [0, 0.1) is 0 Å². The second-order valence-corrected chi connectivity index (χ2v) is 16.2. The van der Waals surface area contributed by atoms with Crippen molar-refractivity contribution in [3.05, 3.63) is 41.7 Å². The second kappa shape index (κ2) is 20.8. The number of ether oxygens (including phenoxy) is 4. The smallest absolute Gasteiger partial charge is 0.326 e. The van der Waals surface area contributed by atoms with Crippen LogP contribution in [0.1, 0.15) is 41.7 Å². The number of amides is 2. The Labute approximate surface area is 365 Å². The summed E-state index contributed by atoms with van der Waals surface area (Å²) >= 11 is 0. The van der Waals surface area contributed by atoms with Crippen molar-refractivity contribution in [3.8, 4) is 0 Å². The van der Waals surface area contributed by atoms with Gasteiger partial charge in [-0.2, -0.15) is 9.97 Å². The van der Waals surface area contributed by atoms with Gasteiger partial charge < -0.3 is 99.5 Å². The lowest BCUT2D eigenvalue weighted by Gasteiger charge is -2.47. The Balaban J connectivity index is 0.976. The first-order valence-electron chi connectivity index (χ1n) is 20.5. The zero-order chi connectivity index (χ0) is 46.6. The van der Waals surface area contributed by atoms with Gasteiger partial charge in [0, 0.05) is 43.3 Å². The molecule has 0 bridgehead atoms. The molecule has 0 spiro atoms. The van der Waals surface area contributed by atoms with E-state index in [1.807, 2.05) is 4.90 Å². The van der Waals surface area contributed by atoms with Crippen LogP contribution < -0.4 is 49.9 Å². The predicted octanol–water partition coefficient (Wildman–Crippen LogP) is -5.94. The summed E-state index contributed by atoms with van der Waals surface area (Å²) in [5.41, 5.74) is 38.3. The summed E-state index contributed by atoms with van der Waals surface area (Å²) in [4.78, 5) is 56.6. The van der Waals surface area contributed by atoms with Crippen LogP contribution in [0.5, 0.6) is 0 Å². The normalized spacial score (nSPS) is 32.4. The quantitative estimate of drug-likeness (QED) is 0.0636. The highest BCUT2D eigenvalue weighted by molar-refractivity contribution is 5.97. The molecule has 2 saturated heterocycles. The molecule has 1 saturated carbocycles. The number of carbonyl (C=O) groups is 3. The largest absolute Gasteiger partial charge is 0.480 e. The maximum absolute atomic E-state index is 13.1. The zero-order valence-corrected chi connectivity index (χ0v) is 34.7. The zero-order valence-electron chi connectivity index (χ0n) is 34.7. The molecule has 1 aliphatic carbocycles. The molecular formula is C38H57N13O13. The number of nitrogens with two attached hydrogens (primary N) is 6. The Hall–Kier alpha value is -5.07. The van der Waals surface area contributed by atoms with Crippen molar-refractivity contribution in [2.45, 2.75) is 124 Å². The van der Waals surface area contributed by atoms with Gasteiger partial charge in [-0.15, -0.1) is 0 Å². The lowest BCUT2D eigenvalue weighted by molar-refractivity contribution is -0.315. The summed E-state index contributed by atoms with van der Waals surface area (Å²) in [5.74, 6) is -2.57. The van der Waals surface area contributed by atoms with Gasteiger partial charge in [0.2, 0.25) is 11.9 Å². The number of hydrogen-bond donors (Lipinski definition) is 14. The molecule has 26 nitrogen and oxygen atoms in total. The van der Waals surface area contributed by atoms with Gasteiger partial charge in [0.15, 0.2) is 29.6 Å². The van der Waals surface area contributed by atoms with Crippen molar-refractivity contribution in [2.24, 2.45) is 22.9 Å². The molecule has 3 aliphatic rings. The highest BCUT2D eigenvalue weighted by atomic mass is 16.7. The molecule has 20 N–H and O–H groups in total. The average molecular weight is 904 g/mol. The van der Waals surface area contributed by atoms with Crippen molar-refractivity contribution >= 4 is 46.4 Å². The van der Waals surface area contributed by atoms with Crippen molar-refractivity contribution in [2.75, 3.05) is 36.6 Å². The third kappa shape index (κ3) is 11.2. The van der Waals surface area contributed by atoms with E-state index in [0.29, 0.717) is 23.4 Å². The van der Waals surface area contributed by atoms with E-state index in [9.17, 15) is 45.0 Å².